The Morgan fingerprint density at radius 1 is 0.935 bits per heavy atom. The largest absolute Gasteiger partial charge is 0.361 e. The van der Waals surface area contributed by atoms with E-state index in [-0.39, 0.29) is 17.4 Å². The van der Waals surface area contributed by atoms with Crippen LogP contribution in [0.3, 0.4) is 0 Å². The number of H-pyrrole nitrogens is 1. The van der Waals surface area contributed by atoms with Crippen LogP contribution < -0.4 is 10.6 Å². The second-order valence-electron chi connectivity index (χ2n) is 13.6. The zero-order chi connectivity index (χ0) is 32.3. The third-order valence-electron chi connectivity index (χ3n) is 8.98. The van der Waals surface area contributed by atoms with Crippen LogP contribution in [-0.2, 0) is 23.1 Å². The lowest BCUT2D eigenvalue weighted by atomic mass is 9.90. The third kappa shape index (κ3) is 7.33. The maximum atomic E-state index is 13.0. The summed E-state index contributed by atoms with van der Waals surface area (Å²) in [6, 6.07) is 26.0. The van der Waals surface area contributed by atoms with E-state index in [2.05, 4.69) is 60.7 Å². The fourth-order valence-electron chi connectivity index (χ4n) is 6.18. The highest BCUT2D eigenvalue weighted by atomic mass is 16.2. The van der Waals surface area contributed by atoms with E-state index in [1.54, 1.807) is 4.68 Å². The number of amides is 3. The molecule has 1 saturated heterocycles. The molecule has 3 N–H and O–H groups in total. The Bertz CT molecular complexity index is 1800. The van der Waals surface area contributed by atoms with Crippen molar-refractivity contribution in [1.82, 2.24) is 19.7 Å². The summed E-state index contributed by atoms with van der Waals surface area (Å²) < 4.78 is 1.78. The summed E-state index contributed by atoms with van der Waals surface area (Å²) in [4.78, 5) is 31.3. The first-order chi connectivity index (χ1) is 22.1. The topological polar surface area (TPSA) is 95.1 Å². The molecule has 3 amide bonds. The molecule has 8 nitrogen and oxygen atoms in total. The van der Waals surface area contributed by atoms with Gasteiger partial charge in [0, 0.05) is 53.8 Å². The summed E-state index contributed by atoms with van der Waals surface area (Å²) >= 11 is 0. The zero-order valence-corrected chi connectivity index (χ0v) is 27.3. The first-order valence-corrected chi connectivity index (χ1v) is 16.3. The van der Waals surface area contributed by atoms with Gasteiger partial charge in [0.15, 0.2) is 0 Å². The molecule has 0 aliphatic carbocycles. The summed E-state index contributed by atoms with van der Waals surface area (Å²) in [6.07, 6.45) is 6.31. The number of nitrogens with zero attached hydrogens (tertiary/aromatic N) is 3. The fourth-order valence-corrected chi connectivity index (χ4v) is 6.18. The zero-order valence-electron chi connectivity index (χ0n) is 27.3. The lowest BCUT2D eigenvalue weighted by molar-refractivity contribution is -0.132. The van der Waals surface area contributed by atoms with E-state index in [4.69, 9.17) is 5.10 Å². The molecule has 46 heavy (non-hydrogen) atoms. The maximum Gasteiger partial charge on any atom is 0.324 e. The van der Waals surface area contributed by atoms with Crippen LogP contribution in [0.2, 0.25) is 0 Å². The maximum absolute atomic E-state index is 13.0. The van der Waals surface area contributed by atoms with Crippen molar-refractivity contribution in [2.24, 2.45) is 5.92 Å². The highest BCUT2D eigenvalue weighted by Gasteiger charge is 2.24. The first kappa shape index (κ1) is 31.1. The van der Waals surface area contributed by atoms with E-state index in [1.807, 2.05) is 72.6 Å². The summed E-state index contributed by atoms with van der Waals surface area (Å²) in [5.74, 6) is 1.40. The van der Waals surface area contributed by atoms with Crippen LogP contribution in [0, 0.1) is 12.8 Å². The minimum Gasteiger partial charge on any atom is -0.361 e. The van der Waals surface area contributed by atoms with Gasteiger partial charge in [-0.1, -0.05) is 68.8 Å². The van der Waals surface area contributed by atoms with Crippen molar-refractivity contribution in [2.45, 2.75) is 65.2 Å². The summed E-state index contributed by atoms with van der Waals surface area (Å²) in [5, 5.41) is 12.0. The van der Waals surface area contributed by atoms with Crippen LogP contribution in [0.4, 0.5) is 16.3 Å². The number of rotatable bonds is 8. The van der Waals surface area contributed by atoms with Crippen molar-refractivity contribution in [1.29, 1.82) is 0 Å². The van der Waals surface area contributed by atoms with Crippen LogP contribution in [0.5, 0.6) is 0 Å². The number of fused-ring (bicyclic) bond motifs is 1. The van der Waals surface area contributed by atoms with Gasteiger partial charge in [-0.25, -0.2) is 9.48 Å². The number of urea groups is 1. The first-order valence-electron chi connectivity index (χ1n) is 16.3. The van der Waals surface area contributed by atoms with Crippen molar-refractivity contribution in [2.75, 3.05) is 23.7 Å². The van der Waals surface area contributed by atoms with E-state index in [1.165, 1.54) is 16.5 Å². The monoisotopic (exact) mass is 616 g/mol. The van der Waals surface area contributed by atoms with Gasteiger partial charge in [-0.15, -0.1) is 0 Å². The Kier molecular flexibility index (Phi) is 8.97. The van der Waals surface area contributed by atoms with E-state index in [0.29, 0.717) is 18.2 Å². The number of nitrogens with one attached hydrogen (secondary N) is 3. The summed E-state index contributed by atoms with van der Waals surface area (Å²) in [6.45, 7) is 10.00. The molecule has 1 aliphatic heterocycles. The molecule has 0 saturated carbocycles. The van der Waals surface area contributed by atoms with Crippen LogP contribution in [0.15, 0.2) is 85.1 Å². The number of benzene rings is 3. The molecule has 0 atom stereocenters. The fraction of sp³-hybridized carbons (Fsp3) is 0.342. The second kappa shape index (κ2) is 13.3. The Labute approximate surface area is 271 Å². The minimum absolute atomic E-state index is 0.163. The van der Waals surface area contributed by atoms with Crippen molar-refractivity contribution in [3.8, 4) is 5.69 Å². The van der Waals surface area contributed by atoms with Crippen molar-refractivity contribution < 1.29 is 9.59 Å². The van der Waals surface area contributed by atoms with Gasteiger partial charge in [0.05, 0.1) is 11.4 Å². The molecule has 0 bridgehead atoms. The lowest BCUT2D eigenvalue weighted by Gasteiger charge is -2.32. The molecule has 3 aromatic carbocycles. The third-order valence-corrected chi connectivity index (χ3v) is 8.98. The number of hydrogen-bond donors (Lipinski definition) is 3. The molecule has 0 radical (unpaired) electrons. The molecule has 3 heterocycles. The predicted molar refractivity (Wildman–Crippen MR) is 186 cm³/mol. The molecular formula is C38H44N6O2. The predicted octanol–water partition coefficient (Wildman–Crippen LogP) is 8.02. The Hall–Kier alpha value is -4.85. The summed E-state index contributed by atoms with van der Waals surface area (Å²) in [5.41, 5.74) is 7.08. The molecule has 6 rings (SSSR count). The Morgan fingerprint density at radius 2 is 1.65 bits per heavy atom. The Morgan fingerprint density at radius 3 is 2.37 bits per heavy atom. The number of carbonyl (C=O) groups excluding carboxylic acids is 2. The van der Waals surface area contributed by atoms with Crippen LogP contribution in [0.25, 0.3) is 16.6 Å². The van der Waals surface area contributed by atoms with E-state index in [9.17, 15) is 9.59 Å². The average Bonchev–Trinajstić information content (AvgIpc) is 3.66. The normalized spacial score (nSPS) is 14.0. The molecule has 1 fully saturated rings. The van der Waals surface area contributed by atoms with Crippen molar-refractivity contribution in [3.05, 3.63) is 107 Å². The molecule has 0 unspecified atom stereocenters. The van der Waals surface area contributed by atoms with E-state index < -0.39 is 0 Å². The molecule has 8 heteroatoms. The number of aromatic amines is 1. The van der Waals surface area contributed by atoms with E-state index >= 15 is 0 Å². The van der Waals surface area contributed by atoms with E-state index in [0.717, 1.165) is 66.9 Å². The number of aryl methyl sites for hydroxylation is 2. The highest BCUT2D eigenvalue weighted by molar-refractivity contribution is 5.99. The summed E-state index contributed by atoms with van der Waals surface area (Å²) in [7, 11) is 0. The Balaban J connectivity index is 0.988. The SMILES string of the molecule is Cc1ccc(-n2nc(C(C)(C)C)cc2NC(=O)Nc2ccc(CC3CCN(C(=O)CCc4c[nH]c5ccccc45)CC3)cc2)cc1. The lowest BCUT2D eigenvalue weighted by Crippen LogP contribution is -2.39. The van der Waals surface area contributed by atoms with Crippen LogP contribution >= 0.6 is 0 Å². The van der Waals surface area contributed by atoms with Gasteiger partial charge in [-0.2, -0.15) is 5.10 Å². The number of para-hydroxylation sites is 1. The van der Waals surface area contributed by atoms with Gasteiger partial charge in [0.1, 0.15) is 5.82 Å². The minimum atomic E-state index is -0.316. The van der Waals surface area contributed by atoms with Crippen LogP contribution in [0.1, 0.15) is 62.4 Å². The number of anilines is 2. The standard InChI is InChI=1S/C38H44N6O2/c1-26-9-16-31(17-10-26)44-35(24-34(42-44)38(2,3)4)41-37(46)40-30-14-11-27(12-15-30)23-28-19-21-43(22-20-28)36(45)18-13-29-25-39-33-8-6-5-7-32(29)33/h5-12,14-17,24-25,28,39H,13,18-23H2,1-4H3,(H2,40,41,46). The molecule has 1 aliphatic rings. The number of likely N-dealkylation sites (tertiary alicyclic amines) is 1. The number of aromatic nitrogens is 3. The van der Waals surface area contributed by atoms with Crippen molar-refractivity contribution in [3.63, 3.8) is 0 Å². The average molecular weight is 617 g/mol. The smallest absolute Gasteiger partial charge is 0.324 e. The van der Waals surface area contributed by atoms with Crippen LogP contribution in [-0.4, -0.2) is 44.7 Å². The number of hydrogen-bond acceptors (Lipinski definition) is 3. The molecule has 238 valence electrons. The number of piperidine rings is 1. The molecule has 5 aromatic rings. The highest BCUT2D eigenvalue weighted by Crippen LogP contribution is 2.27. The van der Waals surface area contributed by atoms with Gasteiger partial charge >= 0.3 is 6.03 Å². The molecule has 2 aromatic heterocycles. The van der Waals surface area contributed by atoms with Gasteiger partial charge in [0.2, 0.25) is 5.91 Å². The quantitative estimate of drug-likeness (QED) is 0.165. The van der Waals surface area contributed by atoms with Gasteiger partial charge in [-0.3, -0.25) is 10.1 Å². The van der Waals surface area contributed by atoms with Gasteiger partial charge in [0.25, 0.3) is 0 Å². The number of carbonyl (C=O) groups is 2. The second-order valence-corrected chi connectivity index (χ2v) is 13.6. The van der Waals surface area contributed by atoms with Gasteiger partial charge < -0.3 is 15.2 Å². The molecule has 0 spiro atoms. The molecular weight excluding hydrogens is 572 g/mol. The van der Waals surface area contributed by atoms with Crippen molar-refractivity contribution >= 4 is 34.3 Å². The van der Waals surface area contributed by atoms with Gasteiger partial charge in [-0.05, 0) is 80.0 Å².